The molecular formula is C8H6N2. The van der Waals surface area contributed by atoms with Crippen LogP contribution in [0.3, 0.4) is 0 Å². The Morgan fingerprint density at radius 3 is 1.60 bits per heavy atom. The van der Waals surface area contributed by atoms with Crippen LogP contribution in [0.15, 0.2) is 24.3 Å². The van der Waals surface area contributed by atoms with Gasteiger partial charge < -0.3 is 0 Å². The van der Waals surface area contributed by atoms with Crippen LogP contribution in [0.5, 0.6) is 0 Å². The van der Waals surface area contributed by atoms with Gasteiger partial charge in [-0.2, -0.15) is 10.5 Å². The van der Waals surface area contributed by atoms with Crippen molar-refractivity contribution in [2.75, 3.05) is 0 Å². The fourth-order valence-electron chi connectivity index (χ4n) is 0.854. The highest BCUT2D eigenvalue weighted by Crippen LogP contribution is 2.17. The van der Waals surface area contributed by atoms with E-state index >= 15 is 0 Å². The Bertz CT molecular complexity index is 221. The predicted octanol–water partition coefficient (Wildman–Crippen LogP) is 1.39. The molecule has 0 spiro atoms. The topological polar surface area (TPSA) is 47.6 Å². The Morgan fingerprint density at radius 1 is 0.900 bits per heavy atom. The summed E-state index contributed by atoms with van der Waals surface area (Å²) in [6.07, 6.45) is 7.07. The molecular weight excluding hydrogens is 124 g/mol. The first-order chi connectivity index (χ1) is 4.88. The van der Waals surface area contributed by atoms with Crippen molar-refractivity contribution >= 4 is 0 Å². The summed E-state index contributed by atoms with van der Waals surface area (Å²) in [5, 5.41) is 17.0. The number of rotatable bonds is 0. The Morgan fingerprint density at radius 2 is 1.30 bits per heavy atom. The van der Waals surface area contributed by atoms with Crippen LogP contribution in [0.25, 0.3) is 0 Å². The van der Waals surface area contributed by atoms with E-state index in [0.29, 0.717) is 0 Å². The summed E-state index contributed by atoms with van der Waals surface area (Å²) in [4.78, 5) is 0. The molecule has 2 atom stereocenters. The molecule has 0 bridgehead atoms. The van der Waals surface area contributed by atoms with E-state index in [9.17, 15) is 0 Å². The van der Waals surface area contributed by atoms with Crippen LogP contribution in [0.1, 0.15) is 0 Å². The van der Waals surface area contributed by atoms with Crippen LogP contribution < -0.4 is 0 Å². The molecule has 0 aromatic carbocycles. The molecule has 1 aliphatic rings. The van der Waals surface area contributed by atoms with Crippen molar-refractivity contribution in [3.63, 3.8) is 0 Å². The molecule has 48 valence electrons. The summed E-state index contributed by atoms with van der Waals surface area (Å²) >= 11 is 0. The van der Waals surface area contributed by atoms with Gasteiger partial charge in [0.2, 0.25) is 0 Å². The van der Waals surface area contributed by atoms with Gasteiger partial charge in [-0.1, -0.05) is 24.3 Å². The molecule has 0 radical (unpaired) electrons. The fourth-order valence-corrected chi connectivity index (χ4v) is 0.854. The van der Waals surface area contributed by atoms with E-state index in [0.717, 1.165) is 0 Å². The molecule has 0 saturated carbocycles. The lowest BCUT2D eigenvalue weighted by Crippen LogP contribution is -2.07. The molecule has 0 aromatic heterocycles. The molecule has 2 heteroatoms. The standard InChI is InChI=1S/C8H6N2/c9-5-7-3-1-2-4-8(7)6-10/h1-4,7-8H. The molecule has 0 heterocycles. The lowest BCUT2D eigenvalue weighted by Gasteiger charge is -2.08. The zero-order chi connectivity index (χ0) is 7.40. The SMILES string of the molecule is N#CC1C=CC=CC1C#N. The minimum Gasteiger partial charge on any atom is -0.198 e. The summed E-state index contributed by atoms with van der Waals surface area (Å²) in [6.45, 7) is 0. The van der Waals surface area contributed by atoms with E-state index in [-0.39, 0.29) is 11.8 Å². The molecule has 0 aliphatic heterocycles. The second-order valence-electron chi connectivity index (χ2n) is 2.08. The van der Waals surface area contributed by atoms with Crippen LogP contribution in [-0.4, -0.2) is 0 Å². The first-order valence-corrected chi connectivity index (χ1v) is 3.02. The van der Waals surface area contributed by atoms with Crippen LogP contribution in [0.2, 0.25) is 0 Å². The van der Waals surface area contributed by atoms with Gasteiger partial charge in [-0.3, -0.25) is 0 Å². The molecule has 10 heavy (non-hydrogen) atoms. The van der Waals surface area contributed by atoms with Gasteiger partial charge in [0.15, 0.2) is 0 Å². The van der Waals surface area contributed by atoms with Crippen molar-refractivity contribution in [3.05, 3.63) is 24.3 Å². The molecule has 0 aromatic rings. The van der Waals surface area contributed by atoms with Gasteiger partial charge in [-0.05, 0) is 0 Å². The van der Waals surface area contributed by atoms with E-state index in [2.05, 4.69) is 0 Å². The highest BCUT2D eigenvalue weighted by molar-refractivity contribution is 5.23. The van der Waals surface area contributed by atoms with Gasteiger partial charge in [0, 0.05) is 0 Å². The van der Waals surface area contributed by atoms with Crippen LogP contribution in [0, 0.1) is 34.5 Å². The summed E-state index contributed by atoms with van der Waals surface area (Å²) in [5.74, 6) is -0.509. The van der Waals surface area contributed by atoms with Gasteiger partial charge in [-0.15, -0.1) is 0 Å². The van der Waals surface area contributed by atoms with Gasteiger partial charge in [0.1, 0.15) is 0 Å². The monoisotopic (exact) mass is 130 g/mol. The number of hydrogen-bond donors (Lipinski definition) is 0. The maximum Gasteiger partial charge on any atom is 0.0840 e. The number of nitriles is 2. The van der Waals surface area contributed by atoms with Crippen molar-refractivity contribution < 1.29 is 0 Å². The summed E-state index contributed by atoms with van der Waals surface area (Å²) in [5.41, 5.74) is 0. The molecule has 2 unspecified atom stereocenters. The molecule has 2 nitrogen and oxygen atoms in total. The Kier molecular flexibility index (Phi) is 1.87. The zero-order valence-electron chi connectivity index (χ0n) is 5.36. The van der Waals surface area contributed by atoms with Crippen LogP contribution in [0.4, 0.5) is 0 Å². The summed E-state index contributed by atoms with van der Waals surface area (Å²) < 4.78 is 0. The second-order valence-corrected chi connectivity index (χ2v) is 2.08. The molecule has 0 fully saturated rings. The van der Waals surface area contributed by atoms with Crippen molar-refractivity contribution in [1.82, 2.24) is 0 Å². The first-order valence-electron chi connectivity index (χ1n) is 3.02. The quantitative estimate of drug-likeness (QED) is 0.497. The highest BCUT2D eigenvalue weighted by atomic mass is 14.3. The maximum atomic E-state index is 8.51. The zero-order valence-corrected chi connectivity index (χ0v) is 5.36. The predicted molar refractivity (Wildman–Crippen MR) is 36.5 cm³/mol. The van der Waals surface area contributed by atoms with Crippen molar-refractivity contribution in [2.45, 2.75) is 0 Å². The van der Waals surface area contributed by atoms with Crippen LogP contribution in [-0.2, 0) is 0 Å². The van der Waals surface area contributed by atoms with E-state index in [1.165, 1.54) is 0 Å². The smallest absolute Gasteiger partial charge is 0.0840 e. The average molecular weight is 130 g/mol. The Labute approximate surface area is 59.7 Å². The minimum absolute atomic E-state index is 0.255. The third-order valence-corrected chi connectivity index (χ3v) is 1.43. The largest absolute Gasteiger partial charge is 0.198 e. The van der Waals surface area contributed by atoms with Gasteiger partial charge >= 0.3 is 0 Å². The van der Waals surface area contributed by atoms with Crippen LogP contribution >= 0.6 is 0 Å². The number of allylic oxidation sites excluding steroid dienone is 4. The van der Waals surface area contributed by atoms with Crippen molar-refractivity contribution in [3.8, 4) is 12.1 Å². The van der Waals surface area contributed by atoms with Crippen molar-refractivity contribution in [1.29, 1.82) is 10.5 Å². The third-order valence-electron chi connectivity index (χ3n) is 1.43. The van der Waals surface area contributed by atoms with Gasteiger partial charge in [0.25, 0.3) is 0 Å². The molecule has 1 rings (SSSR count). The molecule has 0 N–H and O–H groups in total. The molecule has 0 amide bonds. The third kappa shape index (κ3) is 1.06. The van der Waals surface area contributed by atoms with E-state index < -0.39 is 0 Å². The summed E-state index contributed by atoms with van der Waals surface area (Å²) in [7, 11) is 0. The fraction of sp³-hybridized carbons (Fsp3) is 0.250. The van der Waals surface area contributed by atoms with E-state index in [1.807, 2.05) is 12.1 Å². The first kappa shape index (κ1) is 6.58. The van der Waals surface area contributed by atoms with E-state index in [4.69, 9.17) is 10.5 Å². The average Bonchev–Trinajstić information content (AvgIpc) is 2.04. The lowest BCUT2D eigenvalue weighted by molar-refractivity contribution is 0.693. The normalized spacial score (nSPS) is 29.0. The number of hydrogen-bond acceptors (Lipinski definition) is 2. The number of nitrogens with zero attached hydrogens (tertiary/aromatic N) is 2. The van der Waals surface area contributed by atoms with Crippen molar-refractivity contribution in [2.24, 2.45) is 11.8 Å². The summed E-state index contributed by atoms with van der Waals surface area (Å²) in [6, 6.07) is 4.09. The van der Waals surface area contributed by atoms with Gasteiger partial charge in [0.05, 0.1) is 24.0 Å². The minimum atomic E-state index is -0.255. The lowest BCUT2D eigenvalue weighted by atomic mass is 9.91. The molecule has 1 aliphatic carbocycles. The highest BCUT2D eigenvalue weighted by Gasteiger charge is 2.16. The second kappa shape index (κ2) is 2.85. The van der Waals surface area contributed by atoms with Gasteiger partial charge in [-0.25, -0.2) is 0 Å². The maximum absolute atomic E-state index is 8.51. The Balaban J connectivity index is 2.78. The molecule has 0 saturated heterocycles. The Hall–Kier alpha value is -1.54. The van der Waals surface area contributed by atoms with E-state index in [1.54, 1.807) is 24.3 Å².